The molecular weight excluding hydrogens is 266 g/mol. The van der Waals surface area contributed by atoms with E-state index in [4.69, 9.17) is 21.4 Å². The summed E-state index contributed by atoms with van der Waals surface area (Å²) in [6, 6.07) is 7.39. The molecular formula is C14H16ClNO3. The van der Waals surface area contributed by atoms with Gasteiger partial charge in [0.15, 0.2) is 0 Å². The Bertz CT molecular complexity index is 462. The van der Waals surface area contributed by atoms with Crippen molar-refractivity contribution in [1.82, 2.24) is 4.90 Å². The molecule has 3 atom stereocenters. The van der Waals surface area contributed by atoms with Gasteiger partial charge in [0, 0.05) is 18.1 Å². The number of benzene rings is 1. The summed E-state index contributed by atoms with van der Waals surface area (Å²) in [6.45, 7) is 1.31. The zero-order valence-corrected chi connectivity index (χ0v) is 11.2. The molecule has 0 spiro atoms. The highest BCUT2D eigenvalue weighted by molar-refractivity contribution is 6.30. The monoisotopic (exact) mass is 281 g/mol. The second-order valence-corrected chi connectivity index (χ2v) is 5.81. The van der Waals surface area contributed by atoms with Crippen LogP contribution in [0.1, 0.15) is 12.8 Å². The number of hydrogen-bond donors (Lipinski definition) is 1. The van der Waals surface area contributed by atoms with E-state index in [1.54, 1.807) is 0 Å². The summed E-state index contributed by atoms with van der Waals surface area (Å²) in [5.41, 5.74) is 0. The van der Waals surface area contributed by atoms with Crippen molar-refractivity contribution in [2.45, 2.75) is 18.9 Å². The van der Waals surface area contributed by atoms with Crippen molar-refractivity contribution in [2.24, 2.45) is 11.8 Å². The lowest BCUT2D eigenvalue weighted by atomic mass is 10.0. The summed E-state index contributed by atoms with van der Waals surface area (Å²) in [4.78, 5) is 12.4. The molecule has 1 aromatic rings. The maximum absolute atomic E-state index is 10.9. The van der Waals surface area contributed by atoms with Crippen molar-refractivity contribution in [2.75, 3.05) is 13.1 Å². The van der Waals surface area contributed by atoms with Gasteiger partial charge in [-0.3, -0.25) is 0 Å². The number of halogens is 1. The molecule has 1 saturated carbocycles. The van der Waals surface area contributed by atoms with E-state index in [2.05, 4.69) is 0 Å². The standard InChI is InChI=1S/C14H16ClNO3/c15-11-1-3-12(4-2-11)19-13-5-9-7-16(14(17)18)8-10(9)6-13/h1-4,9-10,13H,5-8H2,(H,17,18)/t9-,10+,13-. The molecule has 5 heteroatoms. The minimum atomic E-state index is -0.801. The molecule has 3 rings (SSSR count). The van der Waals surface area contributed by atoms with E-state index in [9.17, 15) is 4.79 Å². The number of hydrogen-bond acceptors (Lipinski definition) is 2. The topological polar surface area (TPSA) is 49.8 Å². The van der Waals surface area contributed by atoms with Crippen LogP contribution in [0.3, 0.4) is 0 Å². The molecule has 102 valence electrons. The fourth-order valence-corrected chi connectivity index (χ4v) is 3.33. The average Bonchev–Trinajstić information content (AvgIpc) is 2.90. The van der Waals surface area contributed by atoms with E-state index in [0.29, 0.717) is 29.9 Å². The Kier molecular flexibility index (Phi) is 3.27. The Morgan fingerprint density at radius 2 is 1.79 bits per heavy atom. The van der Waals surface area contributed by atoms with E-state index in [1.165, 1.54) is 4.90 Å². The van der Waals surface area contributed by atoms with Gasteiger partial charge < -0.3 is 14.7 Å². The Hall–Kier alpha value is -1.42. The first-order valence-electron chi connectivity index (χ1n) is 6.52. The van der Waals surface area contributed by atoms with Crippen molar-refractivity contribution in [3.63, 3.8) is 0 Å². The summed E-state index contributed by atoms with van der Waals surface area (Å²) in [5, 5.41) is 9.68. The molecule has 1 aliphatic carbocycles. The largest absolute Gasteiger partial charge is 0.490 e. The third kappa shape index (κ3) is 2.63. The molecule has 1 aromatic carbocycles. The molecule has 0 aromatic heterocycles. The highest BCUT2D eigenvalue weighted by Gasteiger charge is 2.43. The predicted molar refractivity (Wildman–Crippen MR) is 71.7 cm³/mol. The van der Waals surface area contributed by atoms with Crippen molar-refractivity contribution in [3.05, 3.63) is 29.3 Å². The van der Waals surface area contributed by atoms with Gasteiger partial charge in [-0.05, 0) is 48.9 Å². The molecule has 1 N–H and O–H groups in total. The van der Waals surface area contributed by atoms with Crippen LogP contribution in [0, 0.1) is 11.8 Å². The molecule has 1 aliphatic heterocycles. The highest BCUT2D eigenvalue weighted by atomic mass is 35.5. The summed E-state index contributed by atoms with van der Waals surface area (Å²) >= 11 is 5.84. The Morgan fingerprint density at radius 3 is 2.32 bits per heavy atom. The fraction of sp³-hybridized carbons (Fsp3) is 0.500. The number of ether oxygens (including phenoxy) is 1. The molecule has 0 bridgehead atoms. The first-order valence-corrected chi connectivity index (χ1v) is 6.89. The van der Waals surface area contributed by atoms with Gasteiger partial charge in [0.05, 0.1) is 6.10 Å². The van der Waals surface area contributed by atoms with E-state index in [-0.39, 0.29) is 6.10 Å². The molecule has 4 nitrogen and oxygen atoms in total. The molecule has 2 aliphatic rings. The van der Waals surface area contributed by atoms with Gasteiger partial charge in [0.1, 0.15) is 5.75 Å². The van der Waals surface area contributed by atoms with Crippen molar-refractivity contribution in [1.29, 1.82) is 0 Å². The lowest BCUT2D eigenvalue weighted by Gasteiger charge is -2.17. The Balaban J connectivity index is 1.57. The van der Waals surface area contributed by atoms with Crippen LogP contribution in [0.5, 0.6) is 5.75 Å². The molecule has 1 heterocycles. The van der Waals surface area contributed by atoms with Crippen LogP contribution in [-0.2, 0) is 0 Å². The van der Waals surface area contributed by atoms with Gasteiger partial charge in [-0.2, -0.15) is 0 Å². The Morgan fingerprint density at radius 1 is 1.21 bits per heavy atom. The molecule has 1 amide bonds. The Labute approximate surface area is 116 Å². The van der Waals surface area contributed by atoms with Crippen molar-refractivity contribution >= 4 is 17.7 Å². The number of nitrogens with zero attached hydrogens (tertiary/aromatic N) is 1. The van der Waals surface area contributed by atoms with Gasteiger partial charge in [-0.1, -0.05) is 11.6 Å². The first kappa shape index (κ1) is 12.6. The maximum Gasteiger partial charge on any atom is 0.407 e. The van der Waals surface area contributed by atoms with E-state index in [1.807, 2.05) is 24.3 Å². The van der Waals surface area contributed by atoms with Crippen LogP contribution in [0.15, 0.2) is 24.3 Å². The van der Waals surface area contributed by atoms with Gasteiger partial charge >= 0.3 is 6.09 Å². The summed E-state index contributed by atoms with van der Waals surface area (Å²) in [5.74, 6) is 1.74. The van der Waals surface area contributed by atoms with Crippen LogP contribution >= 0.6 is 11.6 Å². The fourth-order valence-electron chi connectivity index (χ4n) is 3.20. The number of fused-ring (bicyclic) bond motifs is 1. The average molecular weight is 282 g/mol. The number of carboxylic acid groups (broad SMARTS) is 1. The lowest BCUT2D eigenvalue weighted by Crippen LogP contribution is -2.29. The van der Waals surface area contributed by atoms with Gasteiger partial charge in [0.25, 0.3) is 0 Å². The molecule has 2 fully saturated rings. The third-order valence-corrected chi connectivity index (χ3v) is 4.35. The molecule has 0 unspecified atom stereocenters. The van der Waals surface area contributed by atoms with Gasteiger partial charge in [0.2, 0.25) is 0 Å². The van der Waals surface area contributed by atoms with E-state index < -0.39 is 6.09 Å². The molecule has 0 radical (unpaired) electrons. The highest BCUT2D eigenvalue weighted by Crippen LogP contribution is 2.39. The number of carbonyl (C=O) groups is 1. The van der Waals surface area contributed by atoms with E-state index in [0.717, 1.165) is 18.6 Å². The zero-order chi connectivity index (χ0) is 13.4. The quantitative estimate of drug-likeness (QED) is 0.906. The minimum Gasteiger partial charge on any atom is -0.490 e. The lowest BCUT2D eigenvalue weighted by molar-refractivity contribution is 0.144. The number of amides is 1. The van der Waals surface area contributed by atoms with Crippen LogP contribution < -0.4 is 4.74 Å². The zero-order valence-electron chi connectivity index (χ0n) is 10.5. The van der Waals surface area contributed by atoms with Crippen molar-refractivity contribution in [3.8, 4) is 5.75 Å². The normalized spacial score (nSPS) is 29.3. The smallest absolute Gasteiger partial charge is 0.407 e. The second kappa shape index (κ2) is 4.93. The van der Waals surface area contributed by atoms with Crippen LogP contribution in [0.4, 0.5) is 4.79 Å². The van der Waals surface area contributed by atoms with Crippen LogP contribution in [0.2, 0.25) is 5.02 Å². The summed E-state index contributed by atoms with van der Waals surface area (Å²) in [7, 11) is 0. The predicted octanol–water partition coefficient (Wildman–Crippen LogP) is 3.11. The van der Waals surface area contributed by atoms with Crippen molar-refractivity contribution < 1.29 is 14.6 Å². The second-order valence-electron chi connectivity index (χ2n) is 5.37. The number of rotatable bonds is 2. The third-order valence-electron chi connectivity index (χ3n) is 4.09. The molecule has 1 saturated heterocycles. The van der Waals surface area contributed by atoms with Crippen LogP contribution in [-0.4, -0.2) is 35.3 Å². The van der Waals surface area contributed by atoms with Gasteiger partial charge in [-0.25, -0.2) is 4.79 Å². The molecule has 19 heavy (non-hydrogen) atoms. The summed E-state index contributed by atoms with van der Waals surface area (Å²) < 4.78 is 5.94. The SMILES string of the molecule is O=C(O)N1C[C@H]2C[C@@H](Oc3ccc(Cl)cc3)C[C@H]2C1. The maximum atomic E-state index is 10.9. The summed E-state index contributed by atoms with van der Waals surface area (Å²) in [6.07, 6.45) is 1.28. The first-order chi connectivity index (χ1) is 9.11. The van der Waals surface area contributed by atoms with Gasteiger partial charge in [-0.15, -0.1) is 0 Å². The minimum absolute atomic E-state index is 0.201. The number of likely N-dealkylation sites (tertiary alicyclic amines) is 1. The van der Waals surface area contributed by atoms with E-state index >= 15 is 0 Å². The van der Waals surface area contributed by atoms with Crippen LogP contribution in [0.25, 0.3) is 0 Å².